The summed E-state index contributed by atoms with van der Waals surface area (Å²) in [5.74, 6) is 0.296. The van der Waals surface area contributed by atoms with Crippen LogP contribution in [0, 0.1) is 5.82 Å². The van der Waals surface area contributed by atoms with E-state index < -0.39 is 0 Å². The van der Waals surface area contributed by atoms with Crippen molar-refractivity contribution in [1.29, 1.82) is 0 Å². The molecule has 2 saturated heterocycles. The number of halogens is 1. The first kappa shape index (κ1) is 12.8. The number of pyridine rings is 1. The lowest BCUT2D eigenvalue weighted by Crippen LogP contribution is -2.47. The van der Waals surface area contributed by atoms with Crippen LogP contribution in [-0.2, 0) is 6.54 Å². The summed E-state index contributed by atoms with van der Waals surface area (Å²) in [4.78, 5) is 8.83. The molecule has 0 amide bonds. The molecule has 4 heterocycles. The summed E-state index contributed by atoms with van der Waals surface area (Å²) >= 11 is 0. The summed E-state index contributed by atoms with van der Waals surface area (Å²) in [5, 5.41) is 4.23. The van der Waals surface area contributed by atoms with E-state index >= 15 is 0 Å². The second kappa shape index (κ2) is 5.11. The number of fused-ring (bicyclic) bond motifs is 2. The lowest BCUT2D eigenvalue weighted by molar-refractivity contribution is 0.226. The molecule has 5 nitrogen and oxygen atoms in total. The molecule has 2 bridgehead atoms. The van der Waals surface area contributed by atoms with Crippen molar-refractivity contribution in [2.45, 2.75) is 25.0 Å². The van der Waals surface area contributed by atoms with E-state index in [0.29, 0.717) is 17.9 Å². The van der Waals surface area contributed by atoms with Gasteiger partial charge in [-0.1, -0.05) is 0 Å². The van der Waals surface area contributed by atoms with Crippen molar-refractivity contribution in [3.05, 3.63) is 42.6 Å². The Bertz CT molecular complexity index is 614. The van der Waals surface area contributed by atoms with Crippen LogP contribution in [0.15, 0.2) is 36.8 Å². The maximum atomic E-state index is 13.9. The van der Waals surface area contributed by atoms with Gasteiger partial charge in [0.25, 0.3) is 0 Å². The van der Waals surface area contributed by atoms with E-state index in [0.717, 1.165) is 32.6 Å². The largest absolute Gasteiger partial charge is 0.348 e. The molecule has 0 aromatic carbocycles. The molecule has 2 atom stereocenters. The number of hydrogen-bond acceptors (Lipinski definition) is 4. The van der Waals surface area contributed by atoms with E-state index in [1.807, 2.05) is 23.1 Å². The summed E-state index contributed by atoms with van der Waals surface area (Å²) < 4.78 is 15.8. The number of likely N-dealkylation sites (tertiary alicyclic amines) is 1. The van der Waals surface area contributed by atoms with Gasteiger partial charge in [0.1, 0.15) is 0 Å². The van der Waals surface area contributed by atoms with Crippen LogP contribution in [0.1, 0.15) is 6.42 Å². The van der Waals surface area contributed by atoms with Gasteiger partial charge in [0.05, 0.1) is 6.54 Å². The minimum absolute atomic E-state index is 0.215. The van der Waals surface area contributed by atoms with Crippen molar-refractivity contribution in [2.24, 2.45) is 0 Å². The van der Waals surface area contributed by atoms with Crippen LogP contribution in [-0.4, -0.2) is 51.4 Å². The monoisotopic (exact) mass is 287 g/mol. The highest BCUT2D eigenvalue weighted by molar-refractivity contribution is 5.44. The number of hydrogen-bond donors (Lipinski definition) is 0. The molecule has 21 heavy (non-hydrogen) atoms. The summed E-state index contributed by atoms with van der Waals surface area (Å²) in [6.07, 6.45) is 6.57. The van der Waals surface area contributed by atoms with Crippen LogP contribution in [0.4, 0.5) is 10.2 Å². The lowest BCUT2D eigenvalue weighted by Gasteiger charge is -2.34. The molecule has 0 radical (unpaired) electrons. The van der Waals surface area contributed by atoms with Gasteiger partial charge >= 0.3 is 0 Å². The van der Waals surface area contributed by atoms with E-state index in [9.17, 15) is 4.39 Å². The second-order valence-electron chi connectivity index (χ2n) is 5.77. The zero-order valence-corrected chi connectivity index (χ0v) is 11.8. The Morgan fingerprint density at radius 1 is 1.14 bits per heavy atom. The zero-order chi connectivity index (χ0) is 14.2. The van der Waals surface area contributed by atoms with Gasteiger partial charge in [0, 0.05) is 50.3 Å². The predicted octanol–water partition coefficient (Wildman–Crippen LogP) is 1.38. The molecular formula is C15H18FN5. The molecule has 2 unspecified atom stereocenters. The fraction of sp³-hybridized carbons (Fsp3) is 0.467. The predicted molar refractivity (Wildman–Crippen MR) is 77.5 cm³/mol. The molecule has 2 fully saturated rings. The highest BCUT2D eigenvalue weighted by Gasteiger charge is 2.44. The molecule has 2 aromatic rings. The fourth-order valence-electron chi connectivity index (χ4n) is 3.53. The average Bonchev–Trinajstić information content (AvgIpc) is 3.22. The topological polar surface area (TPSA) is 37.2 Å². The van der Waals surface area contributed by atoms with Gasteiger partial charge in [-0.05, 0) is 24.6 Å². The number of rotatable bonds is 4. The fourth-order valence-corrected chi connectivity index (χ4v) is 3.53. The standard InChI is InChI=1S/C15H18FN5/c16-14-3-1-4-17-15(14)21-11-12-9-13(21)10-19(12)7-8-20-6-2-5-18-20/h1-6,12-13H,7-11H2. The molecule has 2 aromatic heterocycles. The van der Waals surface area contributed by atoms with Gasteiger partial charge < -0.3 is 4.90 Å². The number of piperazine rings is 1. The van der Waals surface area contributed by atoms with Crippen LogP contribution in [0.2, 0.25) is 0 Å². The van der Waals surface area contributed by atoms with Crippen LogP contribution in [0.5, 0.6) is 0 Å². The number of anilines is 1. The van der Waals surface area contributed by atoms with Gasteiger partial charge in [-0.25, -0.2) is 9.37 Å². The Morgan fingerprint density at radius 3 is 2.81 bits per heavy atom. The van der Waals surface area contributed by atoms with Gasteiger partial charge in [0.15, 0.2) is 11.6 Å². The molecule has 2 aliphatic heterocycles. The van der Waals surface area contributed by atoms with Crippen molar-refractivity contribution < 1.29 is 4.39 Å². The zero-order valence-electron chi connectivity index (χ0n) is 11.8. The Balaban J connectivity index is 1.40. The maximum absolute atomic E-state index is 13.9. The lowest BCUT2D eigenvalue weighted by atomic mass is 10.2. The van der Waals surface area contributed by atoms with Crippen LogP contribution >= 0.6 is 0 Å². The van der Waals surface area contributed by atoms with Crippen molar-refractivity contribution in [3.63, 3.8) is 0 Å². The first-order chi connectivity index (χ1) is 10.3. The molecular weight excluding hydrogens is 269 g/mol. The summed E-state index contributed by atoms with van der Waals surface area (Å²) in [7, 11) is 0. The van der Waals surface area contributed by atoms with Crippen molar-refractivity contribution in [3.8, 4) is 0 Å². The maximum Gasteiger partial charge on any atom is 0.165 e. The molecule has 4 rings (SSSR count). The molecule has 0 N–H and O–H groups in total. The van der Waals surface area contributed by atoms with Gasteiger partial charge in [-0.3, -0.25) is 9.58 Å². The molecule has 0 saturated carbocycles. The van der Waals surface area contributed by atoms with Gasteiger partial charge in [-0.15, -0.1) is 0 Å². The van der Waals surface area contributed by atoms with Crippen LogP contribution in [0.3, 0.4) is 0 Å². The molecule has 110 valence electrons. The molecule has 0 aliphatic carbocycles. The first-order valence-corrected chi connectivity index (χ1v) is 7.40. The highest BCUT2D eigenvalue weighted by Crippen LogP contribution is 2.34. The van der Waals surface area contributed by atoms with Crippen molar-refractivity contribution >= 4 is 5.82 Å². The Kier molecular flexibility index (Phi) is 3.11. The molecule has 2 aliphatic rings. The Labute approximate surface area is 123 Å². The third-order valence-corrected chi connectivity index (χ3v) is 4.54. The number of nitrogens with zero attached hydrogens (tertiary/aromatic N) is 5. The van der Waals surface area contributed by atoms with Crippen molar-refractivity contribution in [1.82, 2.24) is 19.7 Å². The van der Waals surface area contributed by atoms with Crippen LogP contribution < -0.4 is 4.90 Å². The van der Waals surface area contributed by atoms with Crippen LogP contribution in [0.25, 0.3) is 0 Å². The summed E-state index contributed by atoms with van der Waals surface area (Å²) in [6.45, 7) is 3.77. The van der Waals surface area contributed by atoms with Crippen molar-refractivity contribution in [2.75, 3.05) is 24.5 Å². The molecule has 6 heteroatoms. The summed E-state index contributed by atoms with van der Waals surface area (Å²) in [6, 6.07) is 5.97. The Morgan fingerprint density at radius 2 is 2.10 bits per heavy atom. The minimum Gasteiger partial charge on any atom is -0.348 e. The normalized spacial score (nSPS) is 24.9. The van der Waals surface area contributed by atoms with Gasteiger partial charge in [0.2, 0.25) is 0 Å². The number of aromatic nitrogens is 3. The van der Waals surface area contributed by atoms with E-state index in [1.54, 1.807) is 12.3 Å². The third-order valence-electron chi connectivity index (χ3n) is 4.54. The first-order valence-electron chi connectivity index (χ1n) is 7.40. The minimum atomic E-state index is -0.215. The van der Waals surface area contributed by atoms with E-state index in [2.05, 4.69) is 19.9 Å². The molecule has 0 spiro atoms. The van der Waals surface area contributed by atoms with E-state index in [-0.39, 0.29) is 5.82 Å². The Hall–Kier alpha value is -1.95. The average molecular weight is 287 g/mol. The smallest absolute Gasteiger partial charge is 0.165 e. The quantitative estimate of drug-likeness (QED) is 0.851. The van der Waals surface area contributed by atoms with E-state index in [4.69, 9.17) is 0 Å². The highest BCUT2D eigenvalue weighted by atomic mass is 19.1. The second-order valence-corrected chi connectivity index (χ2v) is 5.77. The summed E-state index contributed by atoms with van der Waals surface area (Å²) in [5.41, 5.74) is 0. The third kappa shape index (κ3) is 2.29. The van der Waals surface area contributed by atoms with Gasteiger partial charge in [-0.2, -0.15) is 5.10 Å². The van der Waals surface area contributed by atoms with E-state index in [1.165, 1.54) is 6.07 Å². The SMILES string of the molecule is Fc1cccnc1N1CC2CC1CN2CCn1cccn1.